The number of sulfonamides is 1. The van der Waals surface area contributed by atoms with Crippen molar-refractivity contribution in [1.29, 1.82) is 0 Å². The van der Waals surface area contributed by atoms with Crippen molar-refractivity contribution in [3.8, 4) is 0 Å². The third-order valence-electron chi connectivity index (χ3n) is 2.81. The van der Waals surface area contributed by atoms with E-state index in [0.717, 1.165) is 25.7 Å². The van der Waals surface area contributed by atoms with Gasteiger partial charge in [-0.05, 0) is 29.1 Å². The van der Waals surface area contributed by atoms with Crippen LogP contribution in [0.3, 0.4) is 0 Å². The first kappa shape index (κ1) is 16.2. The number of carboxylic acids is 1. The van der Waals surface area contributed by atoms with E-state index in [-0.39, 0.29) is 16.3 Å². The molecule has 0 radical (unpaired) electrons. The molecule has 2 aromatic rings. The third-order valence-corrected chi connectivity index (χ3v) is 6.18. The average molecular weight is 390 g/mol. The van der Waals surface area contributed by atoms with E-state index in [1.54, 1.807) is 0 Å². The summed E-state index contributed by atoms with van der Waals surface area (Å²) in [6, 6.07) is 8.60. The maximum atomic E-state index is 12.5. The van der Waals surface area contributed by atoms with Crippen LogP contribution in [-0.4, -0.2) is 30.8 Å². The van der Waals surface area contributed by atoms with Crippen LogP contribution in [0.2, 0.25) is 0 Å². The molecular formula is C13H12BrNO4S2. The summed E-state index contributed by atoms with van der Waals surface area (Å²) in [7, 11) is -2.40. The molecule has 0 atom stereocenters. The third kappa shape index (κ3) is 3.52. The Balaban J connectivity index is 2.31. The second-order valence-corrected chi connectivity index (χ2v) is 8.16. The lowest BCUT2D eigenvalue weighted by Gasteiger charge is -2.17. The van der Waals surface area contributed by atoms with Crippen molar-refractivity contribution >= 4 is 43.3 Å². The van der Waals surface area contributed by atoms with Gasteiger partial charge in [0.15, 0.2) is 0 Å². The van der Waals surface area contributed by atoms with E-state index in [1.165, 1.54) is 18.5 Å². The molecule has 0 spiro atoms. The molecule has 0 aliphatic rings. The van der Waals surface area contributed by atoms with Gasteiger partial charge in [0.2, 0.25) is 10.0 Å². The summed E-state index contributed by atoms with van der Waals surface area (Å²) in [5.74, 6) is -1.24. The van der Waals surface area contributed by atoms with Gasteiger partial charge in [0, 0.05) is 18.1 Å². The highest BCUT2D eigenvalue weighted by molar-refractivity contribution is 9.10. The number of thiophene rings is 1. The lowest BCUT2D eigenvalue weighted by atomic mass is 10.2. The number of rotatable bonds is 5. The van der Waals surface area contributed by atoms with E-state index in [0.29, 0.717) is 0 Å². The Morgan fingerprint density at radius 1 is 1.38 bits per heavy atom. The Hall–Kier alpha value is -1.22. The van der Waals surface area contributed by atoms with E-state index in [9.17, 15) is 13.2 Å². The molecule has 5 nitrogen and oxygen atoms in total. The molecular weight excluding hydrogens is 378 g/mol. The number of hydrogen-bond donors (Lipinski definition) is 1. The van der Waals surface area contributed by atoms with Gasteiger partial charge < -0.3 is 5.11 Å². The Morgan fingerprint density at radius 2 is 2.10 bits per heavy atom. The van der Waals surface area contributed by atoms with E-state index in [1.807, 2.05) is 24.3 Å². The summed E-state index contributed by atoms with van der Waals surface area (Å²) >= 11 is 4.23. The average Bonchev–Trinajstić information content (AvgIpc) is 2.88. The number of benzene rings is 1. The highest BCUT2D eigenvalue weighted by atomic mass is 79.9. The van der Waals surface area contributed by atoms with Crippen molar-refractivity contribution in [3.63, 3.8) is 0 Å². The van der Waals surface area contributed by atoms with E-state index in [4.69, 9.17) is 5.11 Å². The van der Waals surface area contributed by atoms with Crippen LogP contribution in [0.15, 0.2) is 45.1 Å². The number of carbonyl (C=O) groups is 1. The van der Waals surface area contributed by atoms with Gasteiger partial charge in [0.1, 0.15) is 9.77 Å². The van der Waals surface area contributed by atoms with Gasteiger partial charge in [-0.1, -0.05) is 28.1 Å². The molecule has 0 aliphatic carbocycles. The standard InChI is InChI=1S/C13H12BrNO4S2/c1-15(8-9-3-2-4-10(14)7-9)21(18,19)11-5-6-20-12(11)13(16)17/h2-7H,8H2,1H3,(H,16,17). The molecule has 0 aliphatic heterocycles. The Labute approximate surface area is 135 Å². The Bertz CT molecular complexity index is 770. The highest BCUT2D eigenvalue weighted by Gasteiger charge is 2.27. The predicted octanol–water partition coefficient (Wildman–Crippen LogP) is 3.03. The van der Waals surface area contributed by atoms with Crippen LogP contribution in [0.25, 0.3) is 0 Å². The van der Waals surface area contributed by atoms with Crippen molar-refractivity contribution in [1.82, 2.24) is 4.31 Å². The first-order valence-electron chi connectivity index (χ1n) is 5.84. The number of nitrogens with zero attached hydrogens (tertiary/aromatic N) is 1. The Kier molecular flexibility index (Phi) is 4.82. The zero-order valence-electron chi connectivity index (χ0n) is 11.0. The summed E-state index contributed by atoms with van der Waals surface area (Å²) in [5, 5.41) is 10.5. The van der Waals surface area contributed by atoms with E-state index < -0.39 is 16.0 Å². The van der Waals surface area contributed by atoms with Gasteiger partial charge in [-0.3, -0.25) is 0 Å². The first-order chi connectivity index (χ1) is 9.82. The van der Waals surface area contributed by atoms with Crippen LogP contribution in [0, 0.1) is 0 Å². The van der Waals surface area contributed by atoms with Crippen molar-refractivity contribution in [2.75, 3.05) is 7.05 Å². The molecule has 1 heterocycles. The molecule has 112 valence electrons. The number of aromatic carboxylic acids is 1. The lowest BCUT2D eigenvalue weighted by Crippen LogP contribution is -2.27. The summed E-state index contributed by atoms with van der Waals surface area (Å²) in [6.45, 7) is 0.163. The van der Waals surface area contributed by atoms with Gasteiger partial charge in [-0.25, -0.2) is 13.2 Å². The zero-order chi connectivity index (χ0) is 15.6. The van der Waals surface area contributed by atoms with Gasteiger partial charge in [0.05, 0.1) is 0 Å². The molecule has 0 fully saturated rings. The van der Waals surface area contributed by atoms with Crippen molar-refractivity contribution in [3.05, 3.63) is 50.6 Å². The summed E-state index contributed by atoms with van der Waals surface area (Å²) < 4.78 is 26.9. The number of hydrogen-bond acceptors (Lipinski definition) is 4. The zero-order valence-corrected chi connectivity index (χ0v) is 14.2. The minimum Gasteiger partial charge on any atom is -0.477 e. The van der Waals surface area contributed by atoms with Gasteiger partial charge >= 0.3 is 5.97 Å². The van der Waals surface area contributed by atoms with E-state index in [2.05, 4.69) is 15.9 Å². The lowest BCUT2D eigenvalue weighted by molar-refractivity contribution is 0.0698. The molecule has 1 aromatic heterocycles. The Morgan fingerprint density at radius 3 is 2.71 bits per heavy atom. The van der Waals surface area contributed by atoms with Gasteiger partial charge in [-0.15, -0.1) is 11.3 Å². The molecule has 0 unspecified atom stereocenters. The van der Waals surface area contributed by atoms with Gasteiger partial charge in [-0.2, -0.15) is 4.31 Å². The van der Waals surface area contributed by atoms with Crippen LogP contribution >= 0.6 is 27.3 Å². The summed E-state index contributed by atoms with van der Waals surface area (Å²) in [4.78, 5) is 10.7. The fourth-order valence-corrected chi connectivity index (χ4v) is 4.64. The molecule has 1 N–H and O–H groups in total. The molecule has 0 amide bonds. The normalized spacial score (nSPS) is 11.8. The molecule has 0 bridgehead atoms. The minimum atomic E-state index is -3.83. The van der Waals surface area contributed by atoms with Crippen molar-refractivity contribution in [2.45, 2.75) is 11.4 Å². The molecule has 8 heteroatoms. The van der Waals surface area contributed by atoms with Gasteiger partial charge in [0.25, 0.3) is 0 Å². The maximum absolute atomic E-state index is 12.5. The summed E-state index contributed by atoms with van der Waals surface area (Å²) in [6.07, 6.45) is 0. The minimum absolute atomic E-state index is 0.163. The second-order valence-electron chi connectivity index (χ2n) is 4.31. The molecule has 21 heavy (non-hydrogen) atoms. The van der Waals surface area contributed by atoms with Crippen LogP contribution in [0.5, 0.6) is 0 Å². The number of halogens is 1. The quantitative estimate of drug-likeness (QED) is 0.852. The summed E-state index contributed by atoms with van der Waals surface area (Å²) in [5.41, 5.74) is 0.808. The SMILES string of the molecule is CN(Cc1cccc(Br)c1)S(=O)(=O)c1ccsc1C(=O)O. The smallest absolute Gasteiger partial charge is 0.347 e. The van der Waals surface area contributed by atoms with E-state index >= 15 is 0 Å². The van der Waals surface area contributed by atoms with Crippen LogP contribution in [0.4, 0.5) is 0 Å². The van der Waals surface area contributed by atoms with Crippen molar-refractivity contribution < 1.29 is 18.3 Å². The van der Waals surface area contributed by atoms with Crippen LogP contribution in [-0.2, 0) is 16.6 Å². The maximum Gasteiger partial charge on any atom is 0.347 e. The second kappa shape index (κ2) is 6.27. The first-order valence-corrected chi connectivity index (χ1v) is 8.95. The fourth-order valence-electron chi connectivity index (χ4n) is 1.80. The molecule has 1 aromatic carbocycles. The highest BCUT2D eigenvalue weighted by Crippen LogP contribution is 2.25. The predicted molar refractivity (Wildman–Crippen MR) is 84.1 cm³/mol. The number of carboxylic acid groups (broad SMARTS) is 1. The fraction of sp³-hybridized carbons (Fsp3) is 0.154. The molecule has 2 rings (SSSR count). The topological polar surface area (TPSA) is 74.7 Å². The molecule has 0 saturated heterocycles. The molecule has 0 saturated carbocycles. The van der Waals surface area contributed by atoms with Crippen LogP contribution in [0.1, 0.15) is 15.2 Å². The van der Waals surface area contributed by atoms with Crippen molar-refractivity contribution in [2.24, 2.45) is 0 Å². The van der Waals surface area contributed by atoms with Crippen LogP contribution < -0.4 is 0 Å². The monoisotopic (exact) mass is 389 g/mol. The largest absolute Gasteiger partial charge is 0.477 e.